The Hall–Kier alpha value is -1.80. The summed E-state index contributed by atoms with van der Waals surface area (Å²) in [5.74, 6) is -1.37. The predicted octanol–water partition coefficient (Wildman–Crippen LogP) is 0.523. The van der Waals surface area contributed by atoms with E-state index in [2.05, 4.69) is 5.32 Å². The summed E-state index contributed by atoms with van der Waals surface area (Å²) in [6.45, 7) is 3.02. The van der Waals surface area contributed by atoms with E-state index in [1.54, 1.807) is 0 Å². The van der Waals surface area contributed by atoms with Gasteiger partial charge in [0.2, 0.25) is 17.7 Å². The van der Waals surface area contributed by atoms with Gasteiger partial charge < -0.3 is 15.1 Å². The molecule has 2 saturated heterocycles. The Bertz CT molecular complexity index is 503. The number of hydrogen-bond donors (Lipinski definition) is 1. The van der Waals surface area contributed by atoms with E-state index < -0.39 is 24.2 Å². The molecular formula is C14H20F3N3O3. The Morgan fingerprint density at radius 1 is 1.00 bits per heavy atom. The molecule has 1 N–H and O–H groups in total. The molecule has 2 atom stereocenters. The lowest BCUT2D eigenvalue weighted by Crippen LogP contribution is -2.61. The minimum absolute atomic E-state index is 0.109. The zero-order valence-corrected chi connectivity index (χ0v) is 13.0. The molecule has 2 heterocycles. The summed E-state index contributed by atoms with van der Waals surface area (Å²) in [4.78, 5) is 36.9. The summed E-state index contributed by atoms with van der Waals surface area (Å²) in [5.41, 5.74) is 0. The average molecular weight is 335 g/mol. The number of carbonyl (C=O) groups excluding carboxylic acids is 3. The molecule has 2 unspecified atom stereocenters. The number of carbonyl (C=O) groups is 3. The van der Waals surface area contributed by atoms with Gasteiger partial charge >= 0.3 is 6.18 Å². The standard InChI is InChI=1S/C14H20F3N3O3/c1-8(21)19-5-10(6-19)13(23)18-11-3-4-12(14(15,16)17)20(7-11)9(2)22/h10-12H,3-7H2,1-2H3,(H,18,23). The van der Waals surface area contributed by atoms with Gasteiger partial charge in [-0.05, 0) is 12.8 Å². The van der Waals surface area contributed by atoms with Crippen molar-refractivity contribution in [1.29, 1.82) is 0 Å². The minimum Gasteiger partial charge on any atom is -0.351 e. The molecule has 0 spiro atoms. The van der Waals surface area contributed by atoms with Crippen molar-refractivity contribution in [3.05, 3.63) is 0 Å². The van der Waals surface area contributed by atoms with E-state index in [1.165, 1.54) is 11.8 Å². The Balaban J connectivity index is 1.89. The topological polar surface area (TPSA) is 69.7 Å². The molecule has 0 radical (unpaired) electrons. The number of rotatable bonds is 2. The SMILES string of the molecule is CC(=O)N1CC(C(=O)NC2CCC(C(F)(F)F)N(C(C)=O)C2)C1. The van der Waals surface area contributed by atoms with Gasteiger partial charge in [0.1, 0.15) is 6.04 Å². The molecule has 2 rings (SSSR count). The number of halogens is 3. The van der Waals surface area contributed by atoms with Crippen molar-refractivity contribution in [2.75, 3.05) is 19.6 Å². The third kappa shape index (κ3) is 3.94. The molecule has 0 aliphatic carbocycles. The van der Waals surface area contributed by atoms with Gasteiger partial charge in [-0.25, -0.2) is 0 Å². The molecule has 9 heteroatoms. The molecule has 130 valence electrons. The van der Waals surface area contributed by atoms with Crippen LogP contribution in [-0.4, -0.2) is 65.4 Å². The van der Waals surface area contributed by atoms with Gasteiger partial charge in [0.15, 0.2) is 0 Å². The fourth-order valence-corrected chi connectivity index (χ4v) is 3.00. The second-order valence-electron chi connectivity index (χ2n) is 6.13. The largest absolute Gasteiger partial charge is 0.408 e. The van der Waals surface area contributed by atoms with Gasteiger partial charge in [0.25, 0.3) is 0 Å². The molecule has 2 aliphatic rings. The first-order valence-electron chi connectivity index (χ1n) is 7.49. The summed E-state index contributed by atoms with van der Waals surface area (Å²) >= 11 is 0. The first-order chi connectivity index (χ1) is 10.6. The van der Waals surface area contributed by atoms with E-state index in [0.717, 1.165) is 11.8 Å². The lowest BCUT2D eigenvalue weighted by Gasteiger charge is -2.42. The molecule has 2 aliphatic heterocycles. The van der Waals surface area contributed by atoms with Crippen LogP contribution < -0.4 is 5.32 Å². The third-order valence-corrected chi connectivity index (χ3v) is 4.41. The Morgan fingerprint density at radius 3 is 2.09 bits per heavy atom. The van der Waals surface area contributed by atoms with Crippen LogP contribution in [0.5, 0.6) is 0 Å². The van der Waals surface area contributed by atoms with E-state index >= 15 is 0 Å². The highest BCUT2D eigenvalue weighted by molar-refractivity contribution is 5.84. The summed E-state index contributed by atoms with van der Waals surface area (Å²) in [6.07, 6.45) is -4.52. The normalized spacial score (nSPS) is 25.8. The van der Waals surface area contributed by atoms with E-state index in [1.807, 2.05) is 0 Å². The van der Waals surface area contributed by atoms with Crippen LogP contribution in [0.2, 0.25) is 0 Å². The Morgan fingerprint density at radius 2 is 1.61 bits per heavy atom. The van der Waals surface area contributed by atoms with Crippen molar-refractivity contribution in [2.45, 2.75) is 44.9 Å². The zero-order valence-electron chi connectivity index (χ0n) is 13.0. The van der Waals surface area contributed by atoms with Gasteiger partial charge in [-0.3, -0.25) is 14.4 Å². The van der Waals surface area contributed by atoms with Gasteiger partial charge in [-0.2, -0.15) is 13.2 Å². The highest BCUT2D eigenvalue weighted by atomic mass is 19.4. The number of nitrogens with zero attached hydrogens (tertiary/aromatic N) is 2. The molecule has 23 heavy (non-hydrogen) atoms. The molecular weight excluding hydrogens is 315 g/mol. The van der Waals surface area contributed by atoms with E-state index in [-0.39, 0.29) is 37.1 Å². The summed E-state index contributed by atoms with van der Waals surface area (Å²) in [6, 6.07) is -2.28. The van der Waals surface area contributed by atoms with Gasteiger partial charge in [0, 0.05) is 39.5 Å². The fraction of sp³-hybridized carbons (Fsp3) is 0.786. The molecule has 0 aromatic heterocycles. The van der Waals surface area contributed by atoms with Crippen LogP contribution in [0.3, 0.4) is 0 Å². The maximum absolute atomic E-state index is 12.9. The monoisotopic (exact) mass is 335 g/mol. The second-order valence-corrected chi connectivity index (χ2v) is 6.13. The lowest BCUT2D eigenvalue weighted by atomic mass is 9.95. The predicted molar refractivity (Wildman–Crippen MR) is 74.1 cm³/mol. The van der Waals surface area contributed by atoms with Crippen LogP contribution in [0, 0.1) is 5.92 Å². The highest BCUT2D eigenvalue weighted by Gasteiger charge is 2.47. The van der Waals surface area contributed by atoms with Crippen LogP contribution in [-0.2, 0) is 14.4 Å². The smallest absolute Gasteiger partial charge is 0.351 e. The first-order valence-corrected chi connectivity index (χ1v) is 7.49. The average Bonchev–Trinajstić information content (AvgIpc) is 2.34. The quantitative estimate of drug-likeness (QED) is 0.800. The van der Waals surface area contributed by atoms with Crippen molar-refractivity contribution in [2.24, 2.45) is 5.92 Å². The summed E-state index contributed by atoms with van der Waals surface area (Å²) in [7, 11) is 0. The maximum atomic E-state index is 12.9. The maximum Gasteiger partial charge on any atom is 0.408 e. The Labute approximate surface area is 132 Å². The number of nitrogens with one attached hydrogen (secondary N) is 1. The van der Waals surface area contributed by atoms with Crippen LogP contribution in [0.4, 0.5) is 13.2 Å². The number of likely N-dealkylation sites (tertiary alicyclic amines) is 2. The highest BCUT2D eigenvalue weighted by Crippen LogP contribution is 2.32. The van der Waals surface area contributed by atoms with Gasteiger partial charge in [-0.15, -0.1) is 0 Å². The van der Waals surface area contributed by atoms with Gasteiger partial charge in [0.05, 0.1) is 5.92 Å². The second kappa shape index (κ2) is 6.37. The van der Waals surface area contributed by atoms with Gasteiger partial charge in [-0.1, -0.05) is 0 Å². The minimum atomic E-state index is -4.46. The van der Waals surface area contributed by atoms with Crippen molar-refractivity contribution < 1.29 is 27.6 Å². The zero-order chi connectivity index (χ0) is 17.4. The number of alkyl halides is 3. The molecule has 0 saturated carbocycles. The van der Waals surface area contributed by atoms with Crippen molar-refractivity contribution in [3.8, 4) is 0 Å². The van der Waals surface area contributed by atoms with Crippen molar-refractivity contribution in [3.63, 3.8) is 0 Å². The molecule has 6 nitrogen and oxygen atoms in total. The van der Waals surface area contributed by atoms with E-state index in [4.69, 9.17) is 0 Å². The number of hydrogen-bond acceptors (Lipinski definition) is 3. The third-order valence-electron chi connectivity index (χ3n) is 4.41. The van der Waals surface area contributed by atoms with Crippen molar-refractivity contribution >= 4 is 17.7 Å². The van der Waals surface area contributed by atoms with E-state index in [0.29, 0.717) is 13.1 Å². The molecule has 2 fully saturated rings. The van der Waals surface area contributed by atoms with Crippen LogP contribution in [0.1, 0.15) is 26.7 Å². The molecule has 3 amide bonds. The Kier molecular flexibility index (Phi) is 4.86. The lowest BCUT2D eigenvalue weighted by molar-refractivity contribution is -0.196. The van der Waals surface area contributed by atoms with Crippen LogP contribution in [0.25, 0.3) is 0 Å². The fourth-order valence-electron chi connectivity index (χ4n) is 3.00. The molecule has 0 aromatic rings. The van der Waals surface area contributed by atoms with Crippen molar-refractivity contribution in [1.82, 2.24) is 15.1 Å². The number of amides is 3. The van der Waals surface area contributed by atoms with E-state index in [9.17, 15) is 27.6 Å². The van der Waals surface area contributed by atoms with Crippen LogP contribution in [0.15, 0.2) is 0 Å². The summed E-state index contributed by atoms with van der Waals surface area (Å²) in [5, 5.41) is 2.70. The molecule has 0 bridgehead atoms. The van der Waals surface area contributed by atoms with Crippen LogP contribution >= 0.6 is 0 Å². The first kappa shape index (κ1) is 17.6. The summed E-state index contributed by atoms with van der Waals surface area (Å²) < 4.78 is 38.8. The molecule has 0 aromatic carbocycles. The number of piperidine rings is 1.